The molecule has 0 aliphatic carbocycles. The van der Waals surface area contributed by atoms with Gasteiger partial charge in [0.05, 0.1) is 16.3 Å². The van der Waals surface area contributed by atoms with Gasteiger partial charge in [-0.15, -0.1) is 0 Å². The molecule has 1 heterocycles. The van der Waals surface area contributed by atoms with Gasteiger partial charge in [-0.3, -0.25) is 9.52 Å². The summed E-state index contributed by atoms with van der Waals surface area (Å²) in [5.41, 5.74) is -0.345. The van der Waals surface area contributed by atoms with Crippen LogP contribution in [-0.2, 0) is 14.8 Å². The topological polar surface area (TPSA) is 105 Å². The molecule has 2 N–H and O–H groups in total. The molecule has 9 heteroatoms. The second-order valence-electron chi connectivity index (χ2n) is 5.44. The molecule has 7 nitrogen and oxygen atoms in total. The van der Waals surface area contributed by atoms with Gasteiger partial charge >= 0.3 is 5.63 Å². The first-order valence-corrected chi connectivity index (χ1v) is 8.87. The minimum atomic E-state index is -3.98. The van der Waals surface area contributed by atoms with Crippen LogP contribution in [0.1, 0.15) is 6.92 Å². The summed E-state index contributed by atoms with van der Waals surface area (Å²) in [6, 6.07) is 10.1. The van der Waals surface area contributed by atoms with Gasteiger partial charge in [-0.1, -0.05) is 0 Å². The first kappa shape index (κ1) is 17.6. The Kier molecular flexibility index (Phi) is 4.47. The number of carbonyl (C=O) groups excluding carboxylic acids is 1. The van der Waals surface area contributed by atoms with Gasteiger partial charge in [0, 0.05) is 18.4 Å². The smallest absolute Gasteiger partial charge is 0.336 e. The summed E-state index contributed by atoms with van der Waals surface area (Å²) < 4.78 is 46.0. The van der Waals surface area contributed by atoms with E-state index in [0.29, 0.717) is 5.39 Å². The van der Waals surface area contributed by atoms with Crippen molar-refractivity contribution in [2.45, 2.75) is 11.8 Å². The van der Waals surface area contributed by atoms with Crippen LogP contribution in [0.25, 0.3) is 11.0 Å². The molecule has 0 saturated carbocycles. The molecule has 0 bridgehead atoms. The highest BCUT2D eigenvalue weighted by molar-refractivity contribution is 7.92. The number of benzene rings is 2. The summed E-state index contributed by atoms with van der Waals surface area (Å²) in [5.74, 6) is -1.18. The van der Waals surface area contributed by atoms with Gasteiger partial charge in [0.15, 0.2) is 0 Å². The molecule has 3 aromatic rings. The molecule has 0 radical (unpaired) electrons. The van der Waals surface area contributed by atoms with E-state index in [2.05, 4.69) is 10.0 Å². The number of carbonyl (C=O) groups is 1. The van der Waals surface area contributed by atoms with Gasteiger partial charge < -0.3 is 9.73 Å². The third-order valence-corrected chi connectivity index (χ3v) is 4.81. The van der Waals surface area contributed by atoms with E-state index >= 15 is 0 Å². The van der Waals surface area contributed by atoms with Crippen LogP contribution < -0.4 is 15.7 Å². The summed E-state index contributed by atoms with van der Waals surface area (Å²) >= 11 is 0. The van der Waals surface area contributed by atoms with Crippen LogP contribution in [0, 0.1) is 5.82 Å². The Morgan fingerprint density at radius 3 is 2.58 bits per heavy atom. The largest absolute Gasteiger partial charge is 0.423 e. The zero-order valence-electron chi connectivity index (χ0n) is 13.4. The third-order valence-electron chi connectivity index (χ3n) is 3.43. The molecule has 0 atom stereocenters. The maximum absolute atomic E-state index is 13.7. The summed E-state index contributed by atoms with van der Waals surface area (Å²) in [4.78, 5) is 22.2. The normalized spacial score (nSPS) is 11.3. The van der Waals surface area contributed by atoms with E-state index in [1.54, 1.807) is 0 Å². The van der Waals surface area contributed by atoms with Gasteiger partial charge in [0.25, 0.3) is 10.0 Å². The average molecular weight is 376 g/mol. The lowest BCUT2D eigenvalue weighted by molar-refractivity contribution is -0.114. The van der Waals surface area contributed by atoms with Crippen LogP contribution >= 0.6 is 0 Å². The minimum absolute atomic E-state index is 0.0655. The van der Waals surface area contributed by atoms with Crippen molar-refractivity contribution in [1.29, 1.82) is 0 Å². The van der Waals surface area contributed by atoms with Gasteiger partial charge in [0.1, 0.15) is 11.4 Å². The number of amides is 1. The van der Waals surface area contributed by atoms with E-state index < -0.39 is 27.4 Å². The number of halogens is 1. The molecule has 0 aliphatic heterocycles. The molecule has 1 aromatic heterocycles. The molecule has 26 heavy (non-hydrogen) atoms. The van der Waals surface area contributed by atoms with E-state index in [1.165, 1.54) is 49.4 Å². The second kappa shape index (κ2) is 6.60. The molecule has 0 spiro atoms. The Bertz CT molecular complexity index is 1170. The van der Waals surface area contributed by atoms with E-state index in [4.69, 9.17) is 4.42 Å². The van der Waals surface area contributed by atoms with E-state index in [0.717, 1.165) is 6.07 Å². The maximum Gasteiger partial charge on any atom is 0.336 e. The lowest BCUT2D eigenvalue weighted by atomic mass is 10.2. The molecular formula is C17H13FN2O5S. The molecule has 0 fully saturated rings. The highest BCUT2D eigenvalue weighted by atomic mass is 32.2. The first-order chi connectivity index (χ1) is 12.2. The summed E-state index contributed by atoms with van der Waals surface area (Å²) in [7, 11) is -3.98. The fourth-order valence-corrected chi connectivity index (χ4v) is 3.39. The SMILES string of the molecule is CC(=O)Nc1cc(NS(=O)(=O)c2ccc3oc(=O)ccc3c2)ccc1F. The van der Waals surface area contributed by atoms with Crippen LogP contribution in [0.3, 0.4) is 0 Å². The number of hydrogen-bond donors (Lipinski definition) is 2. The van der Waals surface area contributed by atoms with E-state index in [1.807, 2.05) is 0 Å². The number of rotatable bonds is 4. The lowest BCUT2D eigenvalue weighted by Crippen LogP contribution is -2.14. The van der Waals surface area contributed by atoms with Crippen LogP contribution in [0.4, 0.5) is 15.8 Å². The van der Waals surface area contributed by atoms with Crippen molar-refractivity contribution in [3.8, 4) is 0 Å². The van der Waals surface area contributed by atoms with Crippen molar-refractivity contribution in [3.05, 3.63) is 64.8 Å². The number of sulfonamides is 1. The summed E-state index contributed by atoms with van der Waals surface area (Å²) in [6.45, 7) is 1.21. The predicted octanol–water partition coefficient (Wildman–Crippen LogP) is 2.69. The van der Waals surface area contributed by atoms with Crippen molar-refractivity contribution in [1.82, 2.24) is 0 Å². The molecule has 2 aromatic carbocycles. The van der Waals surface area contributed by atoms with Crippen molar-refractivity contribution in [2.24, 2.45) is 0 Å². The average Bonchev–Trinajstić information content (AvgIpc) is 2.56. The van der Waals surface area contributed by atoms with E-state index in [9.17, 15) is 22.4 Å². The zero-order valence-corrected chi connectivity index (χ0v) is 14.3. The Labute approximate surface area is 147 Å². The number of fused-ring (bicyclic) bond motifs is 1. The molecule has 3 rings (SSSR count). The number of anilines is 2. The third kappa shape index (κ3) is 3.72. The predicted molar refractivity (Wildman–Crippen MR) is 94.0 cm³/mol. The first-order valence-electron chi connectivity index (χ1n) is 7.38. The van der Waals surface area contributed by atoms with Crippen molar-refractivity contribution in [2.75, 3.05) is 10.0 Å². The highest BCUT2D eigenvalue weighted by Crippen LogP contribution is 2.24. The monoisotopic (exact) mass is 376 g/mol. The number of hydrogen-bond acceptors (Lipinski definition) is 5. The van der Waals surface area contributed by atoms with Crippen LogP contribution in [0.2, 0.25) is 0 Å². The van der Waals surface area contributed by atoms with Gasteiger partial charge in [-0.2, -0.15) is 0 Å². The number of nitrogens with one attached hydrogen (secondary N) is 2. The highest BCUT2D eigenvalue weighted by Gasteiger charge is 2.16. The Hall–Kier alpha value is -3.20. The summed E-state index contributed by atoms with van der Waals surface area (Å²) in [5, 5.41) is 2.71. The molecule has 134 valence electrons. The Morgan fingerprint density at radius 1 is 1.08 bits per heavy atom. The van der Waals surface area contributed by atoms with Gasteiger partial charge in [0.2, 0.25) is 5.91 Å². The van der Waals surface area contributed by atoms with E-state index in [-0.39, 0.29) is 21.9 Å². The standard InChI is InChI=1S/C17H13FN2O5S/c1-10(21)19-15-9-12(3-5-14(15)18)20-26(23,24)13-4-6-16-11(8-13)2-7-17(22)25-16/h2-9,20H,1H3,(H,19,21). The van der Waals surface area contributed by atoms with Crippen LogP contribution in [0.5, 0.6) is 0 Å². The van der Waals surface area contributed by atoms with Crippen LogP contribution in [-0.4, -0.2) is 14.3 Å². The van der Waals surface area contributed by atoms with Gasteiger partial charge in [-0.25, -0.2) is 17.6 Å². The minimum Gasteiger partial charge on any atom is -0.423 e. The second-order valence-corrected chi connectivity index (χ2v) is 7.12. The zero-order chi connectivity index (χ0) is 18.9. The molecule has 0 saturated heterocycles. The van der Waals surface area contributed by atoms with Crippen molar-refractivity contribution in [3.63, 3.8) is 0 Å². The fraction of sp³-hybridized carbons (Fsp3) is 0.0588. The molecule has 0 unspecified atom stereocenters. The van der Waals surface area contributed by atoms with Crippen molar-refractivity contribution < 1.29 is 22.0 Å². The molecular weight excluding hydrogens is 363 g/mol. The van der Waals surface area contributed by atoms with Crippen molar-refractivity contribution >= 4 is 38.3 Å². The Balaban J connectivity index is 1.95. The molecule has 1 amide bonds. The lowest BCUT2D eigenvalue weighted by Gasteiger charge is -2.11. The Morgan fingerprint density at radius 2 is 1.85 bits per heavy atom. The fourth-order valence-electron chi connectivity index (χ4n) is 2.31. The maximum atomic E-state index is 13.7. The quantitative estimate of drug-likeness (QED) is 0.681. The van der Waals surface area contributed by atoms with Crippen LogP contribution in [0.15, 0.2) is 62.6 Å². The molecule has 0 aliphatic rings. The summed E-state index contributed by atoms with van der Waals surface area (Å²) in [6.07, 6.45) is 0. The van der Waals surface area contributed by atoms with Gasteiger partial charge in [-0.05, 0) is 42.5 Å².